The van der Waals surface area contributed by atoms with Crippen LogP contribution in [-0.4, -0.2) is 45.8 Å². The van der Waals surface area contributed by atoms with Gasteiger partial charge in [-0.1, -0.05) is 32.3 Å². The first-order valence-corrected chi connectivity index (χ1v) is 12.9. The topological polar surface area (TPSA) is 79.2 Å². The Hall–Kier alpha value is -0.720. The summed E-state index contributed by atoms with van der Waals surface area (Å²) in [7, 11) is 0. The zero-order chi connectivity index (χ0) is 23.1. The van der Waals surface area contributed by atoms with Gasteiger partial charge in [-0.05, 0) is 99.2 Å². The predicted molar refractivity (Wildman–Crippen MR) is 125 cm³/mol. The van der Waals surface area contributed by atoms with Crippen molar-refractivity contribution in [1.82, 2.24) is 0 Å². The van der Waals surface area contributed by atoms with E-state index in [0.29, 0.717) is 36.7 Å². The van der Waals surface area contributed by atoms with Crippen LogP contribution < -0.4 is 0 Å². The average molecular weight is 449 g/mol. The molecule has 2 fully saturated rings. The van der Waals surface area contributed by atoms with Crippen molar-refractivity contribution >= 4 is 0 Å². The highest BCUT2D eigenvalue weighted by atomic mass is 17.2. The number of aliphatic hydroxyl groups is 3. The molecule has 2 saturated carbocycles. The van der Waals surface area contributed by atoms with Crippen molar-refractivity contribution in [2.75, 3.05) is 6.61 Å². The van der Waals surface area contributed by atoms with Crippen LogP contribution in [-0.2, 0) is 9.78 Å². The minimum atomic E-state index is -0.629. The van der Waals surface area contributed by atoms with Gasteiger partial charge in [0, 0.05) is 6.42 Å². The third-order valence-corrected chi connectivity index (χ3v) is 9.03. The first-order valence-electron chi connectivity index (χ1n) is 12.9. The first-order chi connectivity index (χ1) is 15.1. The van der Waals surface area contributed by atoms with Gasteiger partial charge in [0.2, 0.25) is 0 Å². The molecular weight excluding hydrogens is 404 g/mol. The van der Waals surface area contributed by atoms with Crippen LogP contribution in [0.3, 0.4) is 0 Å². The lowest BCUT2D eigenvalue weighted by atomic mass is 9.60. The molecule has 0 bridgehead atoms. The van der Waals surface area contributed by atoms with Gasteiger partial charge < -0.3 is 15.3 Å². The lowest BCUT2D eigenvalue weighted by Gasteiger charge is -2.45. The molecule has 1 aliphatic heterocycles. The molecular formula is C27H44O5. The summed E-state index contributed by atoms with van der Waals surface area (Å²) < 4.78 is 0. The molecule has 0 unspecified atom stereocenters. The molecule has 0 spiro atoms. The van der Waals surface area contributed by atoms with Gasteiger partial charge in [-0.2, -0.15) is 0 Å². The largest absolute Gasteiger partial charge is 0.393 e. The van der Waals surface area contributed by atoms with Gasteiger partial charge in [0.05, 0.1) is 17.8 Å². The summed E-state index contributed by atoms with van der Waals surface area (Å²) in [5.41, 5.74) is 3.17. The fraction of sp³-hybridized carbons (Fsp3) is 0.852. The van der Waals surface area contributed by atoms with E-state index in [-0.39, 0.29) is 6.10 Å². The molecule has 0 amide bonds. The van der Waals surface area contributed by atoms with Crippen LogP contribution in [0.15, 0.2) is 22.8 Å². The van der Waals surface area contributed by atoms with E-state index in [0.717, 1.165) is 36.3 Å². The van der Waals surface area contributed by atoms with E-state index in [4.69, 9.17) is 9.78 Å². The van der Waals surface area contributed by atoms with Crippen LogP contribution in [0, 0.1) is 23.2 Å². The van der Waals surface area contributed by atoms with E-state index >= 15 is 0 Å². The third-order valence-electron chi connectivity index (χ3n) is 9.03. The Kier molecular flexibility index (Phi) is 7.24. The Balaban J connectivity index is 1.49. The van der Waals surface area contributed by atoms with Crippen LogP contribution in [0.4, 0.5) is 0 Å². The molecule has 5 nitrogen and oxygen atoms in total. The molecule has 7 atom stereocenters. The number of fused-ring (bicyclic) bond motifs is 1. The van der Waals surface area contributed by atoms with Crippen LogP contribution in [0.2, 0.25) is 0 Å². The van der Waals surface area contributed by atoms with Crippen molar-refractivity contribution in [3.05, 3.63) is 22.8 Å². The summed E-state index contributed by atoms with van der Waals surface area (Å²) in [4.78, 5) is 11.1. The van der Waals surface area contributed by atoms with Crippen LogP contribution in [0.25, 0.3) is 0 Å². The summed E-state index contributed by atoms with van der Waals surface area (Å²) in [5.74, 6) is 1.96. The Labute approximate surface area is 193 Å². The molecule has 5 heteroatoms. The molecule has 0 aromatic rings. The minimum Gasteiger partial charge on any atom is -0.393 e. The molecule has 3 aliphatic carbocycles. The van der Waals surface area contributed by atoms with Crippen molar-refractivity contribution in [3.63, 3.8) is 0 Å². The van der Waals surface area contributed by atoms with Gasteiger partial charge in [-0.3, -0.25) is 0 Å². The molecule has 0 aromatic heterocycles. The summed E-state index contributed by atoms with van der Waals surface area (Å²) in [6.07, 6.45) is 11.0. The Morgan fingerprint density at radius 1 is 1.22 bits per heavy atom. The maximum absolute atomic E-state index is 10.4. The van der Waals surface area contributed by atoms with Crippen LogP contribution >= 0.6 is 0 Å². The summed E-state index contributed by atoms with van der Waals surface area (Å²) in [6, 6.07) is 0. The normalized spacial score (nSPS) is 40.3. The van der Waals surface area contributed by atoms with Gasteiger partial charge in [0.15, 0.2) is 0 Å². The fourth-order valence-corrected chi connectivity index (χ4v) is 7.39. The van der Waals surface area contributed by atoms with Gasteiger partial charge >= 0.3 is 0 Å². The van der Waals surface area contributed by atoms with Gasteiger partial charge in [-0.15, -0.1) is 0 Å². The summed E-state index contributed by atoms with van der Waals surface area (Å²) >= 11 is 0. The number of aliphatic hydroxyl groups excluding tert-OH is 2. The molecule has 4 aliphatic rings. The predicted octanol–water partition coefficient (Wildman–Crippen LogP) is 4.85. The molecule has 32 heavy (non-hydrogen) atoms. The van der Waals surface area contributed by atoms with Crippen molar-refractivity contribution < 1.29 is 25.1 Å². The van der Waals surface area contributed by atoms with Crippen molar-refractivity contribution in [2.45, 2.75) is 116 Å². The molecule has 182 valence electrons. The zero-order valence-corrected chi connectivity index (χ0v) is 20.5. The number of hydrogen-bond donors (Lipinski definition) is 3. The van der Waals surface area contributed by atoms with Crippen molar-refractivity contribution in [1.29, 1.82) is 0 Å². The lowest BCUT2D eigenvalue weighted by molar-refractivity contribution is -0.312. The van der Waals surface area contributed by atoms with E-state index in [2.05, 4.69) is 19.9 Å². The highest BCUT2D eigenvalue weighted by Crippen LogP contribution is 2.60. The van der Waals surface area contributed by atoms with E-state index in [1.54, 1.807) is 0 Å². The van der Waals surface area contributed by atoms with Crippen LogP contribution in [0.1, 0.15) is 91.9 Å². The molecule has 0 saturated heterocycles. The second kappa shape index (κ2) is 9.50. The average Bonchev–Trinajstić information content (AvgIpc) is 3.05. The van der Waals surface area contributed by atoms with Crippen molar-refractivity contribution in [2.24, 2.45) is 23.2 Å². The molecule has 4 rings (SSSR count). The molecule has 0 radical (unpaired) electrons. The Bertz CT molecular complexity index is 735. The molecule has 0 aromatic carbocycles. The summed E-state index contributed by atoms with van der Waals surface area (Å²) in [5, 5.41) is 30.7. The number of hydrogen-bond acceptors (Lipinski definition) is 5. The first kappa shape index (κ1) is 24.4. The van der Waals surface area contributed by atoms with Gasteiger partial charge in [0.1, 0.15) is 12.7 Å². The second-order valence-electron chi connectivity index (χ2n) is 12.0. The van der Waals surface area contributed by atoms with Crippen LogP contribution in [0.5, 0.6) is 0 Å². The second-order valence-corrected chi connectivity index (χ2v) is 12.0. The minimum absolute atomic E-state index is 0.288. The Morgan fingerprint density at radius 2 is 2.00 bits per heavy atom. The van der Waals surface area contributed by atoms with Crippen molar-refractivity contribution in [3.8, 4) is 0 Å². The number of rotatable bonds is 6. The standard InChI is InChI=1S/C27H44O5/c1-17(7-5-11-26(2,3)30)22-9-10-23-18(8-6-12-27(22,23)4)13-25-20-14-19(28)15-24(29)21(20)16-31-32-25/h13,17,19,22-25,28-30H,5-12,14-16H2,1-4H3/b18-13+/t17-,19-,22-,23+,24+,25+,27-/m1/s1. The third kappa shape index (κ3) is 5.02. The smallest absolute Gasteiger partial charge is 0.133 e. The fourth-order valence-electron chi connectivity index (χ4n) is 7.39. The highest BCUT2D eigenvalue weighted by molar-refractivity contribution is 5.33. The summed E-state index contributed by atoms with van der Waals surface area (Å²) in [6.45, 7) is 9.04. The maximum Gasteiger partial charge on any atom is 0.133 e. The maximum atomic E-state index is 10.4. The van der Waals surface area contributed by atoms with E-state index in [9.17, 15) is 15.3 Å². The van der Waals surface area contributed by atoms with Gasteiger partial charge in [-0.25, -0.2) is 9.78 Å². The molecule has 3 N–H and O–H groups in total. The highest BCUT2D eigenvalue weighted by Gasteiger charge is 2.51. The van der Waals surface area contributed by atoms with E-state index in [1.165, 1.54) is 37.7 Å². The Morgan fingerprint density at radius 3 is 2.75 bits per heavy atom. The lowest BCUT2D eigenvalue weighted by Crippen LogP contribution is -2.38. The zero-order valence-electron chi connectivity index (χ0n) is 20.5. The quantitative estimate of drug-likeness (QED) is 0.400. The van der Waals surface area contributed by atoms with E-state index in [1.807, 2.05) is 13.8 Å². The molecule has 1 heterocycles. The monoisotopic (exact) mass is 448 g/mol. The van der Waals surface area contributed by atoms with E-state index < -0.39 is 17.8 Å². The van der Waals surface area contributed by atoms with Gasteiger partial charge in [0.25, 0.3) is 0 Å². The SMILES string of the molecule is C[C@H](CCCC(C)(C)O)[C@H]1CC[C@H]2/C(=C/[C@@H]3OOCC4=C3C[C@@H](O)C[C@@H]4O)CCC[C@]12C. The number of allylic oxidation sites excluding steroid dienone is 1.